The molecule has 5 rings (SSSR count). The van der Waals surface area contributed by atoms with Crippen molar-refractivity contribution in [2.75, 3.05) is 18.4 Å². The lowest BCUT2D eigenvalue weighted by Gasteiger charge is -2.34. The van der Waals surface area contributed by atoms with Crippen molar-refractivity contribution in [3.63, 3.8) is 0 Å². The maximum absolute atomic E-state index is 13.9. The lowest BCUT2D eigenvalue weighted by molar-refractivity contribution is 0.102. The molecule has 1 saturated heterocycles. The number of piperidine rings is 1. The van der Waals surface area contributed by atoms with Crippen LogP contribution >= 0.6 is 12.2 Å². The van der Waals surface area contributed by atoms with Gasteiger partial charge in [-0.25, -0.2) is 9.37 Å². The van der Waals surface area contributed by atoms with Crippen LogP contribution in [0.15, 0.2) is 79.4 Å². The van der Waals surface area contributed by atoms with Crippen LogP contribution < -0.4 is 10.6 Å². The number of likely N-dealkylation sites (tertiary alicyclic amines) is 1. The molecular formula is C29H29FN6OS. The van der Waals surface area contributed by atoms with Crippen LogP contribution in [0.25, 0.3) is 5.69 Å². The van der Waals surface area contributed by atoms with Gasteiger partial charge in [0.25, 0.3) is 5.91 Å². The number of aryl methyl sites for hydroxylation is 1. The molecule has 194 valence electrons. The summed E-state index contributed by atoms with van der Waals surface area (Å²) in [5, 5.41) is 6.81. The number of imidazole rings is 1. The second-order valence-electron chi connectivity index (χ2n) is 9.37. The van der Waals surface area contributed by atoms with Gasteiger partial charge in [0.1, 0.15) is 5.82 Å². The SMILES string of the molecule is Cc1ccc(C(=O)Nc2ccc(-n3ccnc3)cc2)c(C2CCN(C(=S)NCc3ccccc3F)CC2)n1. The van der Waals surface area contributed by atoms with Crippen LogP contribution in [0.5, 0.6) is 0 Å². The van der Waals surface area contributed by atoms with Gasteiger partial charge in [-0.05, 0) is 74.4 Å². The van der Waals surface area contributed by atoms with Gasteiger partial charge in [-0.3, -0.25) is 9.78 Å². The molecule has 0 unspecified atom stereocenters. The van der Waals surface area contributed by atoms with Gasteiger partial charge in [0, 0.05) is 60.6 Å². The van der Waals surface area contributed by atoms with E-state index in [1.165, 1.54) is 6.07 Å². The Kier molecular flexibility index (Phi) is 7.74. The third-order valence-corrected chi connectivity index (χ3v) is 7.20. The fourth-order valence-corrected chi connectivity index (χ4v) is 4.94. The standard InChI is InChI=1S/C29H29FN6OS/c1-20-6-11-25(28(37)34-23-7-9-24(10-8-23)36-17-14-31-19-36)27(33-20)21-12-15-35(16-13-21)29(38)32-18-22-4-2-3-5-26(22)30/h2-11,14,17,19,21H,12-13,15-16,18H2,1H3,(H,32,38)(H,34,37). The topological polar surface area (TPSA) is 75.1 Å². The number of nitrogens with one attached hydrogen (secondary N) is 2. The van der Waals surface area contributed by atoms with Crippen molar-refractivity contribution < 1.29 is 9.18 Å². The van der Waals surface area contributed by atoms with Crippen LogP contribution in [0.1, 0.15) is 46.1 Å². The second-order valence-corrected chi connectivity index (χ2v) is 9.75. The molecule has 4 aromatic rings. The molecule has 1 aliphatic rings. The number of carbonyl (C=O) groups excluding carboxylic acids is 1. The van der Waals surface area contributed by atoms with E-state index in [0.29, 0.717) is 28.5 Å². The summed E-state index contributed by atoms with van der Waals surface area (Å²) in [7, 11) is 0. The zero-order valence-electron chi connectivity index (χ0n) is 21.1. The highest BCUT2D eigenvalue weighted by atomic mass is 32.1. The minimum Gasteiger partial charge on any atom is -0.358 e. The highest BCUT2D eigenvalue weighted by Gasteiger charge is 2.27. The number of rotatable bonds is 6. The number of hydrogen-bond donors (Lipinski definition) is 2. The number of hydrogen-bond acceptors (Lipinski definition) is 4. The van der Waals surface area contributed by atoms with Gasteiger partial charge in [0.2, 0.25) is 0 Å². The molecule has 38 heavy (non-hydrogen) atoms. The van der Waals surface area contributed by atoms with E-state index in [2.05, 4.69) is 20.5 Å². The molecule has 9 heteroatoms. The number of benzene rings is 2. The number of pyridine rings is 1. The number of carbonyl (C=O) groups is 1. The number of thiocarbonyl (C=S) groups is 1. The van der Waals surface area contributed by atoms with E-state index in [0.717, 1.165) is 43.0 Å². The minimum absolute atomic E-state index is 0.143. The number of halogens is 1. The molecule has 0 radical (unpaired) electrons. The van der Waals surface area contributed by atoms with Crippen LogP contribution in [-0.2, 0) is 6.54 Å². The Balaban J connectivity index is 1.21. The molecule has 7 nitrogen and oxygen atoms in total. The Morgan fingerprint density at radius 2 is 1.84 bits per heavy atom. The molecule has 0 saturated carbocycles. The highest BCUT2D eigenvalue weighted by Crippen LogP contribution is 2.30. The van der Waals surface area contributed by atoms with Crippen molar-refractivity contribution in [1.82, 2.24) is 24.8 Å². The van der Waals surface area contributed by atoms with E-state index >= 15 is 0 Å². The maximum atomic E-state index is 13.9. The first-order valence-electron chi connectivity index (χ1n) is 12.6. The van der Waals surface area contributed by atoms with Crippen molar-refractivity contribution in [1.29, 1.82) is 0 Å². The highest BCUT2D eigenvalue weighted by molar-refractivity contribution is 7.80. The van der Waals surface area contributed by atoms with Gasteiger partial charge in [-0.1, -0.05) is 18.2 Å². The van der Waals surface area contributed by atoms with Crippen molar-refractivity contribution >= 4 is 28.9 Å². The fraction of sp³-hybridized carbons (Fsp3) is 0.241. The zero-order valence-corrected chi connectivity index (χ0v) is 21.9. The molecule has 2 aromatic carbocycles. The Morgan fingerprint density at radius 3 is 2.55 bits per heavy atom. The second kappa shape index (κ2) is 11.5. The van der Waals surface area contributed by atoms with E-state index in [1.807, 2.05) is 60.2 Å². The van der Waals surface area contributed by atoms with E-state index in [9.17, 15) is 9.18 Å². The average Bonchev–Trinajstić information content (AvgIpc) is 3.48. The van der Waals surface area contributed by atoms with E-state index in [1.54, 1.807) is 24.7 Å². The lowest BCUT2D eigenvalue weighted by atomic mass is 9.90. The Hall–Kier alpha value is -4.11. The quantitative estimate of drug-likeness (QED) is 0.334. The van der Waals surface area contributed by atoms with Crippen molar-refractivity contribution in [2.45, 2.75) is 32.2 Å². The monoisotopic (exact) mass is 528 g/mol. The Morgan fingerprint density at radius 1 is 1.08 bits per heavy atom. The van der Waals surface area contributed by atoms with E-state index in [-0.39, 0.29) is 17.6 Å². The Labute approximate surface area is 226 Å². The van der Waals surface area contributed by atoms with Crippen molar-refractivity contribution in [3.8, 4) is 5.69 Å². The maximum Gasteiger partial charge on any atom is 0.257 e. The molecule has 0 atom stereocenters. The average molecular weight is 529 g/mol. The van der Waals surface area contributed by atoms with Gasteiger partial charge in [-0.15, -0.1) is 0 Å². The van der Waals surface area contributed by atoms with Gasteiger partial charge in [0.05, 0.1) is 17.6 Å². The summed E-state index contributed by atoms with van der Waals surface area (Å²) in [4.78, 5) is 24.2. The van der Waals surface area contributed by atoms with Crippen molar-refractivity contribution in [3.05, 3.63) is 108 Å². The predicted molar refractivity (Wildman–Crippen MR) is 150 cm³/mol. The van der Waals surface area contributed by atoms with Crippen molar-refractivity contribution in [2.24, 2.45) is 0 Å². The summed E-state index contributed by atoms with van der Waals surface area (Å²) in [6.07, 6.45) is 6.96. The molecule has 1 amide bonds. The van der Waals surface area contributed by atoms with Gasteiger partial charge in [-0.2, -0.15) is 0 Å². The van der Waals surface area contributed by atoms with Crippen LogP contribution in [-0.4, -0.2) is 43.5 Å². The zero-order chi connectivity index (χ0) is 26.5. The third-order valence-electron chi connectivity index (χ3n) is 6.79. The van der Waals surface area contributed by atoms with Gasteiger partial charge < -0.3 is 20.1 Å². The first kappa shape index (κ1) is 25.5. The summed E-state index contributed by atoms with van der Waals surface area (Å²) in [5.41, 5.74) is 4.56. The smallest absolute Gasteiger partial charge is 0.257 e. The molecular weight excluding hydrogens is 499 g/mol. The number of nitrogens with zero attached hydrogens (tertiary/aromatic N) is 4. The summed E-state index contributed by atoms with van der Waals surface area (Å²) in [5.74, 6) is -0.274. The molecule has 1 aliphatic heterocycles. The van der Waals surface area contributed by atoms with Gasteiger partial charge >= 0.3 is 0 Å². The summed E-state index contributed by atoms with van der Waals surface area (Å²) >= 11 is 5.58. The summed E-state index contributed by atoms with van der Waals surface area (Å²) < 4.78 is 15.8. The third kappa shape index (κ3) is 5.89. The normalized spacial score (nSPS) is 13.8. The first-order chi connectivity index (χ1) is 18.5. The van der Waals surface area contributed by atoms with E-state index < -0.39 is 0 Å². The molecule has 2 N–H and O–H groups in total. The predicted octanol–water partition coefficient (Wildman–Crippen LogP) is 5.22. The molecule has 2 aromatic heterocycles. The van der Waals surface area contributed by atoms with Gasteiger partial charge in [0.15, 0.2) is 5.11 Å². The number of amides is 1. The molecule has 0 bridgehead atoms. The van der Waals surface area contributed by atoms with Crippen LogP contribution in [0.4, 0.5) is 10.1 Å². The van der Waals surface area contributed by atoms with Crippen LogP contribution in [0, 0.1) is 12.7 Å². The van der Waals surface area contributed by atoms with Crippen LogP contribution in [0.3, 0.4) is 0 Å². The van der Waals surface area contributed by atoms with E-state index in [4.69, 9.17) is 17.2 Å². The summed E-state index contributed by atoms with van der Waals surface area (Å²) in [6.45, 7) is 3.76. The minimum atomic E-state index is -0.244. The first-order valence-corrected chi connectivity index (χ1v) is 13.0. The molecule has 3 heterocycles. The number of aromatic nitrogens is 3. The molecule has 1 fully saturated rings. The van der Waals surface area contributed by atoms with Crippen LogP contribution in [0.2, 0.25) is 0 Å². The largest absolute Gasteiger partial charge is 0.358 e. The Bertz CT molecular complexity index is 1420. The fourth-order valence-electron chi connectivity index (χ4n) is 4.69. The lowest BCUT2D eigenvalue weighted by Crippen LogP contribution is -2.44. The molecule has 0 spiro atoms. The molecule has 0 aliphatic carbocycles. The number of anilines is 1. The summed E-state index contributed by atoms with van der Waals surface area (Å²) in [6, 6.07) is 18.0.